The van der Waals surface area contributed by atoms with E-state index < -0.39 is 9.05 Å². The zero-order chi connectivity index (χ0) is 15.9. The van der Waals surface area contributed by atoms with Gasteiger partial charge in [-0.05, 0) is 20.3 Å². The maximum atomic E-state index is 11.8. The molecule has 1 unspecified atom stereocenters. The van der Waals surface area contributed by atoms with E-state index in [2.05, 4.69) is 0 Å². The highest BCUT2D eigenvalue weighted by atomic mass is 35.7. The summed E-state index contributed by atoms with van der Waals surface area (Å²) in [5.74, 6) is -0.351. The van der Waals surface area contributed by atoms with Crippen molar-refractivity contribution >= 4 is 25.6 Å². The number of hydrogen-bond donors (Lipinski definition) is 0. The van der Waals surface area contributed by atoms with E-state index in [9.17, 15) is 13.2 Å². The number of amides is 1. The minimum Gasteiger partial charge on any atom is -0.353 e. The molecule has 0 aromatic rings. The summed E-state index contributed by atoms with van der Waals surface area (Å²) in [5, 5.41) is 0. The third kappa shape index (κ3) is 7.44. The molecule has 0 aromatic carbocycles. The number of halogens is 1. The Balaban J connectivity index is 2.33. The number of carbonyl (C=O) groups is 1. The first-order chi connectivity index (χ1) is 9.85. The van der Waals surface area contributed by atoms with Crippen LogP contribution >= 0.6 is 10.7 Å². The molecule has 0 aromatic heterocycles. The lowest BCUT2D eigenvalue weighted by Gasteiger charge is -2.20. The fourth-order valence-electron chi connectivity index (χ4n) is 2.50. The average Bonchev–Trinajstić information content (AvgIpc) is 2.67. The van der Waals surface area contributed by atoms with Gasteiger partial charge in [0.1, 0.15) is 0 Å². The zero-order valence-electron chi connectivity index (χ0n) is 12.6. The summed E-state index contributed by atoms with van der Waals surface area (Å²) in [5.41, 5.74) is 0. The third-order valence-corrected chi connectivity index (χ3v) is 4.55. The molecule has 1 heterocycles. The maximum absolute atomic E-state index is 11.8. The van der Waals surface area contributed by atoms with E-state index in [1.165, 1.54) is 0 Å². The van der Waals surface area contributed by atoms with Gasteiger partial charge in [0.05, 0.1) is 5.75 Å². The van der Waals surface area contributed by atoms with Crippen LogP contribution in [0.5, 0.6) is 0 Å². The van der Waals surface area contributed by atoms with Crippen molar-refractivity contribution in [2.45, 2.75) is 39.4 Å². The van der Waals surface area contributed by atoms with Gasteiger partial charge in [-0.25, -0.2) is 8.42 Å². The lowest BCUT2D eigenvalue weighted by atomic mass is 10.1. The van der Waals surface area contributed by atoms with Crippen LogP contribution in [0.15, 0.2) is 0 Å². The van der Waals surface area contributed by atoms with Crippen LogP contribution in [0.1, 0.15) is 33.1 Å². The van der Waals surface area contributed by atoms with Crippen LogP contribution in [0, 0.1) is 5.92 Å². The van der Waals surface area contributed by atoms with Crippen molar-refractivity contribution in [1.82, 2.24) is 4.90 Å². The van der Waals surface area contributed by atoms with Gasteiger partial charge in [0.2, 0.25) is 15.0 Å². The van der Waals surface area contributed by atoms with E-state index in [0.717, 1.165) is 6.42 Å². The molecule has 0 saturated carbocycles. The topological polar surface area (TPSA) is 72.9 Å². The number of likely N-dealkylation sites (tertiary alicyclic amines) is 1. The van der Waals surface area contributed by atoms with Crippen LogP contribution in [-0.4, -0.2) is 57.6 Å². The van der Waals surface area contributed by atoms with Crippen molar-refractivity contribution in [2.24, 2.45) is 5.92 Å². The second kappa shape index (κ2) is 8.92. The minimum atomic E-state index is -3.55. The molecule has 1 fully saturated rings. The van der Waals surface area contributed by atoms with Crippen molar-refractivity contribution in [2.75, 3.05) is 32.1 Å². The molecule has 21 heavy (non-hydrogen) atoms. The van der Waals surface area contributed by atoms with Gasteiger partial charge < -0.3 is 14.4 Å². The molecule has 8 heteroatoms. The Kier molecular flexibility index (Phi) is 7.94. The highest BCUT2D eigenvalue weighted by Gasteiger charge is 2.31. The Morgan fingerprint density at radius 2 is 1.95 bits per heavy atom. The summed E-state index contributed by atoms with van der Waals surface area (Å²) < 4.78 is 33.0. The Bertz CT molecular complexity index is 422. The van der Waals surface area contributed by atoms with E-state index in [0.29, 0.717) is 32.7 Å². The number of nitrogens with zero attached hydrogens (tertiary/aromatic N) is 1. The molecule has 1 aliphatic rings. The molecule has 0 bridgehead atoms. The fraction of sp³-hybridized carbons (Fsp3) is 0.923. The van der Waals surface area contributed by atoms with Crippen LogP contribution in [0.3, 0.4) is 0 Å². The first-order valence-electron chi connectivity index (χ1n) is 7.29. The summed E-state index contributed by atoms with van der Waals surface area (Å²) in [7, 11) is 1.68. The quantitative estimate of drug-likeness (QED) is 0.445. The Morgan fingerprint density at radius 1 is 1.33 bits per heavy atom. The van der Waals surface area contributed by atoms with Gasteiger partial charge in [0, 0.05) is 55.7 Å². The predicted molar refractivity (Wildman–Crippen MR) is 80.6 cm³/mol. The van der Waals surface area contributed by atoms with E-state index in [-0.39, 0.29) is 30.3 Å². The molecule has 124 valence electrons. The molecule has 6 nitrogen and oxygen atoms in total. The van der Waals surface area contributed by atoms with Gasteiger partial charge in [-0.2, -0.15) is 0 Å². The van der Waals surface area contributed by atoms with Crippen LogP contribution < -0.4 is 0 Å². The van der Waals surface area contributed by atoms with Crippen LogP contribution in [0.25, 0.3) is 0 Å². The predicted octanol–water partition coefficient (Wildman–Crippen LogP) is 1.58. The second-order valence-corrected chi connectivity index (χ2v) is 7.92. The van der Waals surface area contributed by atoms with Crippen molar-refractivity contribution in [3.05, 3.63) is 0 Å². The molecule has 0 N–H and O–H groups in total. The summed E-state index contributed by atoms with van der Waals surface area (Å²) in [6, 6.07) is 0. The SMILES string of the molecule is CCOC(CCCN1CC(CS(=O)(=O)Cl)CC1=O)OCC. The van der Waals surface area contributed by atoms with Crippen molar-refractivity contribution in [3.63, 3.8) is 0 Å². The van der Waals surface area contributed by atoms with Crippen molar-refractivity contribution in [1.29, 1.82) is 0 Å². The smallest absolute Gasteiger partial charge is 0.232 e. The lowest BCUT2D eigenvalue weighted by molar-refractivity contribution is -0.141. The van der Waals surface area contributed by atoms with Crippen LogP contribution in [0.2, 0.25) is 0 Å². The first-order valence-corrected chi connectivity index (χ1v) is 9.76. The van der Waals surface area contributed by atoms with Gasteiger partial charge in [-0.15, -0.1) is 0 Å². The summed E-state index contributed by atoms with van der Waals surface area (Å²) in [4.78, 5) is 13.5. The van der Waals surface area contributed by atoms with Crippen molar-refractivity contribution in [3.8, 4) is 0 Å². The number of rotatable bonds is 10. The number of ether oxygens (including phenoxy) is 2. The standard InChI is InChI=1S/C13H24ClNO5S/c1-3-19-13(20-4-2)6-5-7-15-9-11(8-12(15)16)10-21(14,17)18/h11,13H,3-10H2,1-2H3. The monoisotopic (exact) mass is 341 g/mol. The van der Waals surface area contributed by atoms with E-state index in [1.54, 1.807) is 4.90 Å². The largest absolute Gasteiger partial charge is 0.353 e. The highest BCUT2D eigenvalue weighted by Crippen LogP contribution is 2.21. The first kappa shape index (κ1) is 18.7. The second-order valence-electron chi connectivity index (χ2n) is 5.10. The average molecular weight is 342 g/mol. The molecular formula is C13H24ClNO5S. The van der Waals surface area contributed by atoms with E-state index in [1.807, 2.05) is 13.8 Å². The van der Waals surface area contributed by atoms with Gasteiger partial charge in [0.25, 0.3) is 0 Å². The third-order valence-electron chi connectivity index (χ3n) is 3.30. The van der Waals surface area contributed by atoms with E-state index in [4.69, 9.17) is 20.2 Å². The minimum absolute atomic E-state index is 0.00955. The molecule has 0 radical (unpaired) electrons. The van der Waals surface area contributed by atoms with Gasteiger partial charge in [-0.1, -0.05) is 0 Å². The molecule has 1 aliphatic heterocycles. The Morgan fingerprint density at radius 3 is 2.48 bits per heavy atom. The Hall–Kier alpha value is -0.370. The summed E-state index contributed by atoms with van der Waals surface area (Å²) >= 11 is 0. The normalized spacial score (nSPS) is 19.7. The van der Waals surface area contributed by atoms with Crippen LogP contribution in [0.4, 0.5) is 0 Å². The summed E-state index contributed by atoms with van der Waals surface area (Å²) in [6.45, 7) is 6.04. The number of hydrogen-bond acceptors (Lipinski definition) is 5. The van der Waals surface area contributed by atoms with Crippen molar-refractivity contribution < 1.29 is 22.7 Å². The molecule has 1 saturated heterocycles. The molecular weight excluding hydrogens is 318 g/mol. The lowest BCUT2D eigenvalue weighted by Crippen LogP contribution is -2.28. The molecule has 1 rings (SSSR count). The van der Waals surface area contributed by atoms with Crippen LogP contribution in [-0.2, 0) is 23.3 Å². The maximum Gasteiger partial charge on any atom is 0.232 e. The zero-order valence-corrected chi connectivity index (χ0v) is 14.2. The fourth-order valence-corrected chi connectivity index (χ4v) is 3.82. The number of carbonyl (C=O) groups excluding carboxylic acids is 1. The molecule has 0 spiro atoms. The Labute approximate surface area is 131 Å². The molecule has 1 amide bonds. The van der Waals surface area contributed by atoms with Gasteiger partial charge in [0.15, 0.2) is 6.29 Å². The van der Waals surface area contributed by atoms with E-state index >= 15 is 0 Å². The molecule has 0 aliphatic carbocycles. The van der Waals surface area contributed by atoms with Gasteiger partial charge in [-0.3, -0.25) is 4.79 Å². The van der Waals surface area contributed by atoms with Gasteiger partial charge >= 0.3 is 0 Å². The molecule has 1 atom stereocenters. The summed E-state index contributed by atoms with van der Waals surface area (Å²) in [6.07, 6.45) is 1.49. The highest BCUT2D eigenvalue weighted by molar-refractivity contribution is 8.13.